The quantitative estimate of drug-likeness (QED) is 0.277. The van der Waals surface area contributed by atoms with Crippen LogP contribution in [0.25, 0.3) is 0 Å². The number of hydrazone groups is 1. The molecule has 0 amide bonds. The highest BCUT2D eigenvalue weighted by Crippen LogP contribution is 1.80. The molecule has 0 aromatic heterocycles. The van der Waals surface area contributed by atoms with E-state index in [4.69, 9.17) is 0 Å². The van der Waals surface area contributed by atoms with E-state index in [1.54, 1.807) is 6.92 Å². The van der Waals surface area contributed by atoms with Crippen molar-refractivity contribution in [2.75, 3.05) is 0 Å². The summed E-state index contributed by atoms with van der Waals surface area (Å²) in [6.45, 7) is 2.98. The number of hydrogen-bond donors (Lipinski definition) is 1. The fourth-order valence-electron chi connectivity index (χ4n) is 0.342. The Hall–Kier alpha value is -1.19. The molecule has 0 aliphatic carbocycles. The van der Waals surface area contributed by atoms with Gasteiger partial charge in [-0.1, -0.05) is 4.48 Å². The van der Waals surface area contributed by atoms with Gasteiger partial charge in [-0.25, -0.2) is 0 Å². The van der Waals surface area contributed by atoms with Crippen LogP contribution in [-0.2, 0) is 4.79 Å². The molecule has 4 heteroatoms. The van der Waals surface area contributed by atoms with Gasteiger partial charge in [0.05, 0.1) is 5.71 Å². The molecule has 0 rings (SSSR count). The van der Waals surface area contributed by atoms with Crippen molar-refractivity contribution in [3.8, 4) is 0 Å². The Morgan fingerprint density at radius 1 is 1.50 bits per heavy atom. The molecule has 0 heterocycles. The normalized spacial score (nSPS) is 12.1. The third-order valence-electron chi connectivity index (χ3n) is 0.778. The molecule has 0 aliphatic heterocycles. The Balaban J connectivity index is 3.89. The van der Waals surface area contributed by atoms with E-state index in [9.17, 15) is 9.28 Å². The van der Waals surface area contributed by atoms with E-state index in [1.165, 1.54) is 19.1 Å². The van der Waals surface area contributed by atoms with Crippen LogP contribution in [0.15, 0.2) is 17.3 Å². The summed E-state index contributed by atoms with van der Waals surface area (Å²) in [6, 6.07) is 0. The molecule has 0 radical (unpaired) electrons. The number of allylic oxidation sites excluding steroid dienone is 2. The van der Waals surface area contributed by atoms with Crippen molar-refractivity contribution in [3.63, 3.8) is 0 Å². The van der Waals surface area contributed by atoms with Crippen molar-refractivity contribution in [1.82, 2.24) is 5.65 Å². The molecule has 0 aromatic carbocycles. The molecular weight excluding hydrogens is 135 g/mol. The summed E-state index contributed by atoms with van der Waals surface area (Å²) in [7, 11) is 0. The fourth-order valence-corrected chi connectivity index (χ4v) is 0.342. The number of hydrogen-bond acceptors (Lipinski definition) is 3. The SMILES string of the molecule is CC(=O)/C=C\C(C)=N/NF. The summed E-state index contributed by atoms with van der Waals surface area (Å²) in [6.07, 6.45) is 2.74. The van der Waals surface area contributed by atoms with E-state index in [0.29, 0.717) is 5.71 Å². The van der Waals surface area contributed by atoms with Crippen LogP contribution in [-0.4, -0.2) is 11.5 Å². The molecular formula is C6H9FN2O. The van der Waals surface area contributed by atoms with Crippen LogP contribution in [0.2, 0.25) is 0 Å². The van der Waals surface area contributed by atoms with Crippen molar-refractivity contribution in [2.45, 2.75) is 13.8 Å². The molecule has 0 atom stereocenters. The zero-order valence-electron chi connectivity index (χ0n) is 5.89. The average Bonchev–Trinajstić information content (AvgIpc) is 1.85. The molecule has 0 saturated carbocycles. The van der Waals surface area contributed by atoms with Crippen LogP contribution in [0.3, 0.4) is 0 Å². The second kappa shape index (κ2) is 4.67. The third kappa shape index (κ3) is 4.96. The molecule has 0 spiro atoms. The van der Waals surface area contributed by atoms with Gasteiger partial charge >= 0.3 is 0 Å². The topological polar surface area (TPSA) is 41.5 Å². The van der Waals surface area contributed by atoms with E-state index in [-0.39, 0.29) is 5.78 Å². The van der Waals surface area contributed by atoms with Crippen LogP contribution in [0.5, 0.6) is 0 Å². The van der Waals surface area contributed by atoms with Crippen LogP contribution in [0, 0.1) is 0 Å². The summed E-state index contributed by atoms with van der Waals surface area (Å²) in [4.78, 5) is 10.3. The minimum absolute atomic E-state index is 0.0894. The fraction of sp³-hybridized carbons (Fsp3) is 0.333. The maximum atomic E-state index is 11.2. The predicted molar refractivity (Wildman–Crippen MR) is 37.2 cm³/mol. The molecule has 3 nitrogen and oxygen atoms in total. The Labute approximate surface area is 58.6 Å². The lowest BCUT2D eigenvalue weighted by molar-refractivity contribution is -0.112. The van der Waals surface area contributed by atoms with E-state index in [2.05, 4.69) is 5.10 Å². The molecule has 10 heavy (non-hydrogen) atoms. The Kier molecular flexibility index (Phi) is 4.11. The first-order chi connectivity index (χ1) is 4.66. The van der Waals surface area contributed by atoms with E-state index < -0.39 is 0 Å². The number of carbonyl (C=O) groups excluding carboxylic acids is 1. The summed E-state index contributed by atoms with van der Waals surface area (Å²) in [5.41, 5.74) is 1.53. The zero-order valence-corrected chi connectivity index (χ0v) is 5.89. The van der Waals surface area contributed by atoms with Gasteiger partial charge in [-0.05, 0) is 26.0 Å². The maximum Gasteiger partial charge on any atom is 0.152 e. The van der Waals surface area contributed by atoms with Crippen molar-refractivity contribution in [1.29, 1.82) is 0 Å². The van der Waals surface area contributed by atoms with Gasteiger partial charge in [-0.15, -0.1) is 5.65 Å². The Morgan fingerprint density at radius 3 is 2.50 bits per heavy atom. The van der Waals surface area contributed by atoms with Crippen molar-refractivity contribution in [2.24, 2.45) is 5.10 Å². The van der Waals surface area contributed by atoms with Crippen molar-refractivity contribution in [3.05, 3.63) is 12.2 Å². The number of nitrogens with one attached hydrogen (secondary N) is 1. The highest BCUT2D eigenvalue weighted by Gasteiger charge is 1.84. The van der Waals surface area contributed by atoms with Crippen molar-refractivity contribution < 1.29 is 9.28 Å². The molecule has 0 unspecified atom stereocenters. The van der Waals surface area contributed by atoms with Gasteiger partial charge in [0.25, 0.3) is 0 Å². The van der Waals surface area contributed by atoms with Gasteiger partial charge in [0.15, 0.2) is 5.78 Å². The molecule has 0 fully saturated rings. The molecule has 0 aliphatic rings. The average molecular weight is 144 g/mol. The number of carbonyl (C=O) groups is 1. The number of halogens is 1. The van der Waals surface area contributed by atoms with Gasteiger partial charge in [-0.2, -0.15) is 5.10 Å². The van der Waals surface area contributed by atoms with Crippen molar-refractivity contribution >= 4 is 11.5 Å². The third-order valence-corrected chi connectivity index (χ3v) is 0.778. The number of nitrogens with zero attached hydrogens (tertiary/aromatic N) is 1. The Bertz CT molecular complexity index is 175. The van der Waals surface area contributed by atoms with Crippen LogP contribution in [0.1, 0.15) is 13.8 Å². The largest absolute Gasteiger partial charge is 0.295 e. The van der Waals surface area contributed by atoms with Gasteiger partial charge in [0.1, 0.15) is 0 Å². The summed E-state index contributed by atoms with van der Waals surface area (Å²) in [5.74, 6) is -0.0894. The minimum Gasteiger partial charge on any atom is -0.295 e. The molecule has 1 N–H and O–H groups in total. The predicted octanol–water partition coefficient (Wildman–Crippen LogP) is 0.982. The number of ketones is 1. The second-order valence-electron chi connectivity index (χ2n) is 1.78. The molecule has 0 saturated heterocycles. The van der Waals surface area contributed by atoms with E-state index >= 15 is 0 Å². The van der Waals surface area contributed by atoms with Crippen LogP contribution >= 0.6 is 0 Å². The van der Waals surface area contributed by atoms with Crippen LogP contribution in [0.4, 0.5) is 4.48 Å². The first-order valence-electron chi connectivity index (χ1n) is 2.75. The number of rotatable bonds is 3. The monoisotopic (exact) mass is 144 g/mol. The zero-order chi connectivity index (χ0) is 7.98. The first-order valence-corrected chi connectivity index (χ1v) is 2.75. The molecule has 0 bridgehead atoms. The van der Waals surface area contributed by atoms with Gasteiger partial charge in [0.2, 0.25) is 0 Å². The lowest BCUT2D eigenvalue weighted by Gasteiger charge is -1.85. The molecule has 0 aromatic rings. The van der Waals surface area contributed by atoms with Gasteiger partial charge in [-0.3, -0.25) is 4.79 Å². The van der Waals surface area contributed by atoms with Gasteiger partial charge in [0, 0.05) is 0 Å². The lowest BCUT2D eigenvalue weighted by atomic mass is 10.3. The second-order valence-corrected chi connectivity index (χ2v) is 1.78. The van der Waals surface area contributed by atoms with E-state index in [1.807, 2.05) is 0 Å². The Morgan fingerprint density at radius 2 is 2.10 bits per heavy atom. The summed E-state index contributed by atoms with van der Waals surface area (Å²) in [5, 5.41) is 3.16. The van der Waals surface area contributed by atoms with Gasteiger partial charge < -0.3 is 0 Å². The minimum atomic E-state index is -0.0894. The first kappa shape index (κ1) is 8.81. The standard InChI is InChI=1S/C6H9FN2O/c1-5(8-9-7)3-4-6(2)10/h3-4,9H,1-2H3/b4-3-,8-5-. The lowest BCUT2D eigenvalue weighted by Crippen LogP contribution is -1.94. The smallest absolute Gasteiger partial charge is 0.152 e. The summed E-state index contributed by atoms with van der Waals surface area (Å²) >= 11 is 0. The van der Waals surface area contributed by atoms with E-state index in [0.717, 1.165) is 5.65 Å². The van der Waals surface area contributed by atoms with Crippen LogP contribution < -0.4 is 5.65 Å². The maximum absolute atomic E-state index is 11.2. The summed E-state index contributed by atoms with van der Waals surface area (Å²) < 4.78 is 11.2. The highest BCUT2D eigenvalue weighted by atomic mass is 19.2. The highest BCUT2D eigenvalue weighted by molar-refractivity contribution is 5.99. The molecule has 56 valence electrons.